The fourth-order valence-corrected chi connectivity index (χ4v) is 2.70. The van der Waals surface area contributed by atoms with Crippen molar-refractivity contribution in [3.05, 3.63) is 29.8 Å². The number of piperazine rings is 1. The Bertz CT molecular complexity index is 454. The van der Waals surface area contributed by atoms with E-state index in [4.69, 9.17) is 0 Å². The maximum atomic E-state index is 12.1. The molecule has 1 aromatic carbocycles. The van der Waals surface area contributed by atoms with Crippen LogP contribution in [0.25, 0.3) is 0 Å². The van der Waals surface area contributed by atoms with Gasteiger partial charge in [0.2, 0.25) is 0 Å². The third-order valence-electron chi connectivity index (χ3n) is 4.05. The Kier molecular flexibility index (Phi) is 6.68. The zero-order valence-electron chi connectivity index (χ0n) is 13.8. The van der Waals surface area contributed by atoms with E-state index < -0.39 is 0 Å². The van der Waals surface area contributed by atoms with E-state index in [2.05, 4.69) is 34.4 Å². The molecule has 22 heavy (non-hydrogen) atoms. The van der Waals surface area contributed by atoms with E-state index in [0.29, 0.717) is 6.54 Å². The Hall–Kier alpha value is -1.59. The molecule has 0 saturated carbocycles. The molecule has 2 N–H and O–H groups in total. The van der Waals surface area contributed by atoms with Crippen molar-refractivity contribution in [1.29, 1.82) is 0 Å². The first-order valence-electron chi connectivity index (χ1n) is 8.23. The van der Waals surface area contributed by atoms with Crippen molar-refractivity contribution in [2.45, 2.75) is 13.3 Å². The van der Waals surface area contributed by atoms with Crippen LogP contribution in [-0.4, -0.2) is 63.7 Å². The van der Waals surface area contributed by atoms with Crippen LogP contribution in [0.1, 0.15) is 23.7 Å². The lowest BCUT2D eigenvalue weighted by molar-refractivity contribution is 0.0947. The summed E-state index contributed by atoms with van der Waals surface area (Å²) < 4.78 is 0. The summed E-state index contributed by atoms with van der Waals surface area (Å²) in [5.74, 6) is 0.0137. The molecule has 2 rings (SSSR count). The Labute approximate surface area is 133 Å². The van der Waals surface area contributed by atoms with Crippen LogP contribution in [-0.2, 0) is 0 Å². The normalized spacial score (nSPS) is 15.5. The van der Waals surface area contributed by atoms with Crippen molar-refractivity contribution < 1.29 is 4.79 Å². The van der Waals surface area contributed by atoms with Gasteiger partial charge in [-0.3, -0.25) is 9.69 Å². The number of amides is 1. The van der Waals surface area contributed by atoms with Crippen LogP contribution < -0.4 is 15.5 Å². The molecule has 0 aliphatic carbocycles. The molecule has 1 heterocycles. The SMILES string of the molecule is CCCN(C)c1ccc(C(=O)NCCN2CCNCC2)cc1. The maximum Gasteiger partial charge on any atom is 0.251 e. The summed E-state index contributed by atoms with van der Waals surface area (Å²) >= 11 is 0. The number of carbonyl (C=O) groups is 1. The molecule has 1 aromatic rings. The minimum absolute atomic E-state index is 0.0137. The number of hydrogen-bond acceptors (Lipinski definition) is 4. The fraction of sp³-hybridized carbons (Fsp3) is 0.588. The van der Waals surface area contributed by atoms with Gasteiger partial charge in [-0.25, -0.2) is 0 Å². The van der Waals surface area contributed by atoms with E-state index >= 15 is 0 Å². The Morgan fingerprint density at radius 1 is 1.27 bits per heavy atom. The van der Waals surface area contributed by atoms with Crippen LogP contribution >= 0.6 is 0 Å². The van der Waals surface area contributed by atoms with Crippen molar-refractivity contribution in [2.75, 3.05) is 57.8 Å². The number of nitrogens with zero attached hydrogens (tertiary/aromatic N) is 2. The van der Waals surface area contributed by atoms with Crippen LogP contribution in [0, 0.1) is 0 Å². The van der Waals surface area contributed by atoms with Crippen molar-refractivity contribution in [3.8, 4) is 0 Å². The highest BCUT2D eigenvalue weighted by atomic mass is 16.1. The standard InChI is InChI=1S/C17H28N4O/c1-3-11-20(2)16-6-4-15(5-7-16)17(22)19-10-14-21-12-8-18-9-13-21/h4-7,18H,3,8-14H2,1-2H3,(H,19,22). The summed E-state index contributed by atoms with van der Waals surface area (Å²) in [7, 11) is 2.08. The molecule has 0 unspecified atom stereocenters. The molecule has 1 aliphatic rings. The lowest BCUT2D eigenvalue weighted by Crippen LogP contribution is -2.46. The molecule has 0 atom stereocenters. The van der Waals surface area contributed by atoms with Gasteiger partial charge < -0.3 is 15.5 Å². The molecule has 1 amide bonds. The smallest absolute Gasteiger partial charge is 0.251 e. The number of rotatable bonds is 7. The van der Waals surface area contributed by atoms with Crippen molar-refractivity contribution in [2.24, 2.45) is 0 Å². The van der Waals surface area contributed by atoms with Gasteiger partial charge in [-0.05, 0) is 30.7 Å². The third-order valence-corrected chi connectivity index (χ3v) is 4.05. The largest absolute Gasteiger partial charge is 0.375 e. The van der Waals surface area contributed by atoms with Crippen molar-refractivity contribution in [1.82, 2.24) is 15.5 Å². The number of anilines is 1. The van der Waals surface area contributed by atoms with E-state index in [1.807, 2.05) is 24.3 Å². The lowest BCUT2D eigenvalue weighted by atomic mass is 10.2. The topological polar surface area (TPSA) is 47.6 Å². The molecule has 5 nitrogen and oxygen atoms in total. The van der Waals surface area contributed by atoms with Crippen LogP contribution in [0.15, 0.2) is 24.3 Å². The predicted octanol–water partition coefficient (Wildman–Crippen LogP) is 1.17. The highest BCUT2D eigenvalue weighted by Crippen LogP contribution is 2.14. The first-order valence-corrected chi connectivity index (χ1v) is 8.23. The van der Waals surface area contributed by atoms with Gasteiger partial charge in [0.15, 0.2) is 0 Å². The van der Waals surface area contributed by atoms with E-state index in [1.165, 1.54) is 0 Å². The second-order valence-corrected chi connectivity index (χ2v) is 5.82. The first kappa shape index (κ1) is 16.8. The summed E-state index contributed by atoms with van der Waals surface area (Å²) in [5.41, 5.74) is 1.88. The molecule has 0 aromatic heterocycles. The lowest BCUT2D eigenvalue weighted by Gasteiger charge is -2.27. The Morgan fingerprint density at radius 3 is 2.59 bits per heavy atom. The van der Waals surface area contributed by atoms with Gasteiger partial charge in [0.1, 0.15) is 0 Å². The second kappa shape index (κ2) is 8.76. The van der Waals surface area contributed by atoms with Gasteiger partial charge in [-0.2, -0.15) is 0 Å². The first-order chi connectivity index (χ1) is 10.7. The van der Waals surface area contributed by atoms with Gasteiger partial charge in [0, 0.05) is 64.1 Å². The highest BCUT2D eigenvalue weighted by Gasteiger charge is 2.10. The van der Waals surface area contributed by atoms with Crippen LogP contribution in [0.3, 0.4) is 0 Å². The summed E-state index contributed by atoms with van der Waals surface area (Å²) in [6.45, 7) is 9.03. The van der Waals surface area contributed by atoms with Gasteiger partial charge in [-0.15, -0.1) is 0 Å². The van der Waals surface area contributed by atoms with Crippen LogP contribution in [0.2, 0.25) is 0 Å². The minimum Gasteiger partial charge on any atom is -0.375 e. The summed E-state index contributed by atoms with van der Waals surface area (Å²) in [6.07, 6.45) is 1.12. The number of benzene rings is 1. The van der Waals surface area contributed by atoms with Crippen molar-refractivity contribution in [3.63, 3.8) is 0 Å². The molecule has 0 bridgehead atoms. The fourth-order valence-electron chi connectivity index (χ4n) is 2.70. The van der Waals surface area contributed by atoms with Crippen molar-refractivity contribution >= 4 is 11.6 Å². The zero-order valence-corrected chi connectivity index (χ0v) is 13.8. The van der Waals surface area contributed by atoms with Gasteiger partial charge in [0.25, 0.3) is 5.91 Å². The average Bonchev–Trinajstić information content (AvgIpc) is 2.56. The molecule has 1 aliphatic heterocycles. The molecular formula is C17H28N4O. The van der Waals surface area contributed by atoms with Crippen LogP contribution in [0.4, 0.5) is 5.69 Å². The number of hydrogen-bond donors (Lipinski definition) is 2. The van der Waals surface area contributed by atoms with Gasteiger partial charge in [-0.1, -0.05) is 6.92 Å². The Balaban J connectivity index is 1.77. The molecule has 0 radical (unpaired) electrons. The molecule has 5 heteroatoms. The minimum atomic E-state index is 0.0137. The Morgan fingerprint density at radius 2 is 1.95 bits per heavy atom. The highest BCUT2D eigenvalue weighted by molar-refractivity contribution is 5.94. The van der Waals surface area contributed by atoms with E-state index in [9.17, 15) is 4.79 Å². The summed E-state index contributed by atoms with van der Waals surface area (Å²) in [4.78, 5) is 16.7. The van der Waals surface area contributed by atoms with Gasteiger partial charge >= 0.3 is 0 Å². The van der Waals surface area contributed by atoms with E-state index in [-0.39, 0.29) is 5.91 Å². The molecule has 122 valence electrons. The monoisotopic (exact) mass is 304 g/mol. The maximum absolute atomic E-state index is 12.1. The van der Waals surface area contributed by atoms with Gasteiger partial charge in [0.05, 0.1) is 0 Å². The molecular weight excluding hydrogens is 276 g/mol. The van der Waals surface area contributed by atoms with Crippen LogP contribution in [0.5, 0.6) is 0 Å². The molecule has 1 fully saturated rings. The second-order valence-electron chi connectivity index (χ2n) is 5.82. The van der Waals surface area contributed by atoms with E-state index in [0.717, 1.165) is 56.9 Å². The summed E-state index contributed by atoms with van der Waals surface area (Å²) in [6, 6.07) is 7.84. The number of nitrogens with one attached hydrogen (secondary N) is 2. The third kappa shape index (κ3) is 5.00. The summed E-state index contributed by atoms with van der Waals surface area (Å²) in [5, 5.41) is 6.34. The zero-order chi connectivity index (χ0) is 15.8. The number of carbonyl (C=O) groups excluding carboxylic acids is 1. The molecule has 0 spiro atoms. The molecule has 1 saturated heterocycles. The quantitative estimate of drug-likeness (QED) is 0.794. The average molecular weight is 304 g/mol. The predicted molar refractivity (Wildman–Crippen MR) is 91.6 cm³/mol. The van der Waals surface area contributed by atoms with E-state index in [1.54, 1.807) is 0 Å².